The summed E-state index contributed by atoms with van der Waals surface area (Å²) in [7, 11) is 0. The fourth-order valence-corrected chi connectivity index (χ4v) is 4.02. The van der Waals surface area contributed by atoms with Crippen molar-refractivity contribution in [2.75, 3.05) is 11.9 Å². The van der Waals surface area contributed by atoms with E-state index in [1.807, 2.05) is 18.2 Å². The molecule has 0 radical (unpaired) electrons. The summed E-state index contributed by atoms with van der Waals surface area (Å²) in [6.07, 6.45) is 3.03. The summed E-state index contributed by atoms with van der Waals surface area (Å²) in [6.45, 7) is 1.09. The Morgan fingerprint density at radius 3 is 2.76 bits per heavy atom. The summed E-state index contributed by atoms with van der Waals surface area (Å²) in [5.41, 5.74) is 1.75. The van der Waals surface area contributed by atoms with Gasteiger partial charge in [-0.2, -0.15) is 0 Å². The number of benzene rings is 2. The van der Waals surface area contributed by atoms with Crippen LogP contribution in [0.4, 0.5) is 14.9 Å². The Bertz CT molecular complexity index is 1040. The fourth-order valence-electron chi connectivity index (χ4n) is 3.85. The highest BCUT2D eigenvalue weighted by atomic mass is 35.5. The molecule has 1 aliphatic heterocycles. The molecular formula is C21H19ClFN3O3. The van der Waals surface area contributed by atoms with Crippen LogP contribution in [-0.2, 0) is 28.0 Å². The number of hydrogen-bond donors (Lipinski definition) is 2. The van der Waals surface area contributed by atoms with Crippen LogP contribution in [0.1, 0.15) is 30.0 Å². The van der Waals surface area contributed by atoms with Crippen LogP contribution in [0.5, 0.6) is 0 Å². The third-order valence-corrected chi connectivity index (χ3v) is 5.69. The molecule has 150 valence electrons. The van der Waals surface area contributed by atoms with E-state index in [-0.39, 0.29) is 10.7 Å². The van der Waals surface area contributed by atoms with Crippen molar-refractivity contribution in [1.29, 1.82) is 0 Å². The van der Waals surface area contributed by atoms with Gasteiger partial charge in [0.25, 0.3) is 5.91 Å². The summed E-state index contributed by atoms with van der Waals surface area (Å²) in [5, 5.41) is 5.29. The van der Waals surface area contributed by atoms with E-state index in [0.29, 0.717) is 5.56 Å². The number of anilines is 1. The Labute approximate surface area is 172 Å². The highest BCUT2D eigenvalue weighted by Crippen LogP contribution is 2.32. The zero-order chi connectivity index (χ0) is 20.8. The van der Waals surface area contributed by atoms with E-state index in [1.54, 1.807) is 6.92 Å². The molecule has 0 aromatic heterocycles. The Kier molecular flexibility index (Phi) is 4.78. The van der Waals surface area contributed by atoms with E-state index in [9.17, 15) is 18.8 Å². The minimum Gasteiger partial charge on any atom is -0.322 e. The number of carbonyl (C=O) groups is 3. The molecule has 1 atom stereocenters. The highest BCUT2D eigenvalue weighted by molar-refractivity contribution is 6.30. The van der Waals surface area contributed by atoms with Crippen molar-refractivity contribution in [3.8, 4) is 0 Å². The lowest BCUT2D eigenvalue weighted by atomic mass is 9.89. The SMILES string of the molecule is CC1(c2ccc3c(c2)CCC3)NC(=O)N(CC(=O)Nc2cc(Cl)ccc2F)C1=O. The molecule has 29 heavy (non-hydrogen) atoms. The molecule has 6 nitrogen and oxygen atoms in total. The Hall–Kier alpha value is -2.93. The number of aryl methyl sites for hydroxylation is 2. The van der Waals surface area contributed by atoms with Crippen LogP contribution in [0.3, 0.4) is 0 Å². The summed E-state index contributed by atoms with van der Waals surface area (Å²) >= 11 is 5.82. The number of amides is 4. The first-order valence-electron chi connectivity index (χ1n) is 9.29. The predicted molar refractivity (Wildman–Crippen MR) is 106 cm³/mol. The normalized spacial score (nSPS) is 20.6. The maximum Gasteiger partial charge on any atom is 0.325 e. The molecule has 2 aromatic carbocycles. The van der Waals surface area contributed by atoms with Crippen molar-refractivity contribution in [1.82, 2.24) is 10.2 Å². The molecule has 4 rings (SSSR count). The van der Waals surface area contributed by atoms with Crippen molar-refractivity contribution in [3.05, 3.63) is 63.9 Å². The van der Waals surface area contributed by atoms with Gasteiger partial charge >= 0.3 is 6.03 Å². The summed E-state index contributed by atoms with van der Waals surface area (Å²) in [5.74, 6) is -1.89. The molecule has 1 heterocycles. The molecule has 2 aliphatic rings. The molecular weight excluding hydrogens is 397 g/mol. The average molecular weight is 416 g/mol. The van der Waals surface area contributed by atoms with Crippen molar-refractivity contribution in [3.63, 3.8) is 0 Å². The zero-order valence-electron chi connectivity index (χ0n) is 15.7. The number of hydrogen-bond acceptors (Lipinski definition) is 3. The molecule has 4 amide bonds. The van der Waals surface area contributed by atoms with Crippen LogP contribution < -0.4 is 10.6 Å². The quantitative estimate of drug-likeness (QED) is 0.751. The van der Waals surface area contributed by atoms with Crippen LogP contribution in [0, 0.1) is 5.82 Å². The maximum atomic E-state index is 13.8. The van der Waals surface area contributed by atoms with E-state index in [0.717, 1.165) is 30.2 Å². The Morgan fingerprint density at radius 1 is 1.21 bits per heavy atom. The van der Waals surface area contributed by atoms with Crippen LogP contribution >= 0.6 is 11.6 Å². The number of imide groups is 1. The van der Waals surface area contributed by atoms with Gasteiger partial charge in [0.1, 0.15) is 17.9 Å². The van der Waals surface area contributed by atoms with Gasteiger partial charge in [0, 0.05) is 5.02 Å². The second kappa shape index (κ2) is 7.15. The number of halogens is 2. The molecule has 0 spiro atoms. The second-order valence-corrected chi connectivity index (χ2v) is 7.89. The summed E-state index contributed by atoms with van der Waals surface area (Å²) in [6, 6.07) is 8.84. The molecule has 2 N–H and O–H groups in total. The van der Waals surface area contributed by atoms with Crippen LogP contribution in [0.25, 0.3) is 0 Å². The number of nitrogens with one attached hydrogen (secondary N) is 2. The second-order valence-electron chi connectivity index (χ2n) is 7.46. The molecule has 0 saturated carbocycles. The number of rotatable bonds is 4. The molecule has 0 bridgehead atoms. The van der Waals surface area contributed by atoms with E-state index >= 15 is 0 Å². The Morgan fingerprint density at radius 2 is 1.97 bits per heavy atom. The van der Waals surface area contributed by atoms with E-state index < -0.39 is 35.7 Å². The van der Waals surface area contributed by atoms with Gasteiger partial charge < -0.3 is 10.6 Å². The lowest BCUT2D eigenvalue weighted by Gasteiger charge is -2.23. The predicted octanol–water partition coefficient (Wildman–Crippen LogP) is 3.37. The molecule has 1 saturated heterocycles. The molecule has 1 aliphatic carbocycles. The third-order valence-electron chi connectivity index (χ3n) is 5.46. The lowest BCUT2D eigenvalue weighted by molar-refractivity contribution is -0.133. The van der Waals surface area contributed by atoms with E-state index in [1.165, 1.54) is 23.3 Å². The van der Waals surface area contributed by atoms with Gasteiger partial charge in [-0.05, 0) is 61.1 Å². The third kappa shape index (κ3) is 3.46. The van der Waals surface area contributed by atoms with E-state index in [2.05, 4.69) is 10.6 Å². The van der Waals surface area contributed by atoms with Gasteiger partial charge in [0.05, 0.1) is 5.69 Å². The first-order valence-corrected chi connectivity index (χ1v) is 9.67. The smallest absolute Gasteiger partial charge is 0.322 e. The molecule has 8 heteroatoms. The first kappa shape index (κ1) is 19.4. The maximum absolute atomic E-state index is 13.8. The van der Waals surface area contributed by atoms with Gasteiger partial charge in [-0.3, -0.25) is 14.5 Å². The fraction of sp³-hybridized carbons (Fsp3) is 0.286. The summed E-state index contributed by atoms with van der Waals surface area (Å²) in [4.78, 5) is 38.6. The van der Waals surface area contributed by atoms with Crippen LogP contribution in [0.15, 0.2) is 36.4 Å². The first-order chi connectivity index (χ1) is 13.8. The van der Waals surface area contributed by atoms with Gasteiger partial charge in [0.15, 0.2) is 0 Å². The van der Waals surface area contributed by atoms with Gasteiger partial charge in [-0.25, -0.2) is 9.18 Å². The minimum absolute atomic E-state index is 0.115. The minimum atomic E-state index is -1.25. The highest BCUT2D eigenvalue weighted by Gasteiger charge is 2.49. The van der Waals surface area contributed by atoms with Crippen molar-refractivity contribution < 1.29 is 18.8 Å². The van der Waals surface area contributed by atoms with Gasteiger partial charge in [-0.15, -0.1) is 0 Å². The van der Waals surface area contributed by atoms with Crippen molar-refractivity contribution >= 4 is 35.1 Å². The standard InChI is InChI=1S/C21H19ClFN3O3/c1-21(14-6-5-12-3-2-4-13(12)9-14)19(28)26(20(29)25-21)11-18(27)24-17-10-15(22)7-8-16(17)23/h5-10H,2-4,11H2,1H3,(H,24,27)(H,25,29). The molecule has 1 fully saturated rings. The molecule has 2 aromatic rings. The van der Waals surface area contributed by atoms with E-state index in [4.69, 9.17) is 11.6 Å². The van der Waals surface area contributed by atoms with Crippen molar-refractivity contribution in [2.24, 2.45) is 0 Å². The monoisotopic (exact) mass is 415 g/mol. The molecule has 1 unspecified atom stereocenters. The topological polar surface area (TPSA) is 78.5 Å². The number of urea groups is 1. The van der Waals surface area contributed by atoms with Gasteiger partial charge in [-0.1, -0.05) is 29.8 Å². The number of nitrogens with zero attached hydrogens (tertiary/aromatic N) is 1. The zero-order valence-corrected chi connectivity index (χ0v) is 16.5. The van der Waals surface area contributed by atoms with Gasteiger partial charge in [0.2, 0.25) is 5.91 Å². The number of fused-ring (bicyclic) bond motifs is 1. The summed E-state index contributed by atoms with van der Waals surface area (Å²) < 4.78 is 13.8. The van der Waals surface area contributed by atoms with Crippen LogP contribution in [-0.4, -0.2) is 29.3 Å². The van der Waals surface area contributed by atoms with Crippen molar-refractivity contribution in [2.45, 2.75) is 31.7 Å². The van der Waals surface area contributed by atoms with Crippen LogP contribution in [0.2, 0.25) is 5.02 Å². The lowest BCUT2D eigenvalue weighted by Crippen LogP contribution is -2.42. The number of carbonyl (C=O) groups excluding carboxylic acids is 3. The average Bonchev–Trinajstić information content (AvgIpc) is 3.23. The Balaban J connectivity index is 1.52. The largest absolute Gasteiger partial charge is 0.325 e.